The first-order valence-electron chi connectivity index (χ1n) is 11.2. The maximum absolute atomic E-state index is 13.1. The molecule has 0 aliphatic carbocycles. The lowest BCUT2D eigenvalue weighted by molar-refractivity contribution is 0.0880. The SMILES string of the molecule is O=C1NC(=O)c2c1c1c3ccccc3n(CCCO)c1c1c2c2cccc3c2n1CCC3. The molecule has 2 amide bonds. The first-order valence-corrected chi connectivity index (χ1v) is 11.2. The summed E-state index contributed by atoms with van der Waals surface area (Å²) < 4.78 is 4.59. The Hall–Kier alpha value is -3.64. The monoisotopic (exact) mass is 423 g/mol. The summed E-state index contributed by atoms with van der Waals surface area (Å²) in [5.41, 5.74) is 6.49. The second-order valence-corrected chi connectivity index (χ2v) is 8.79. The molecule has 7 rings (SSSR count). The second kappa shape index (κ2) is 6.20. The van der Waals surface area contributed by atoms with Crippen LogP contribution in [-0.2, 0) is 19.5 Å². The number of fused-ring (bicyclic) bond motifs is 10. The van der Waals surface area contributed by atoms with Crippen molar-refractivity contribution in [2.24, 2.45) is 0 Å². The molecule has 5 aromatic rings. The van der Waals surface area contributed by atoms with Crippen LogP contribution in [-0.4, -0.2) is 32.7 Å². The number of benzene rings is 3. The molecule has 2 N–H and O–H groups in total. The van der Waals surface area contributed by atoms with Crippen molar-refractivity contribution >= 4 is 55.4 Å². The number of nitrogens with zero attached hydrogens (tertiary/aromatic N) is 2. The number of hydrogen-bond acceptors (Lipinski definition) is 3. The first kappa shape index (κ1) is 18.0. The van der Waals surface area contributed by atoms with Crippen molar-refractivity contribution in [1.82, 2.24) is 14.5 Å². The van der Waals surface area contributed by atoms with Gasteiger partial charge in [-0.1, -0.05) is 36.4 Å². The molecule has 158 valence electrons. The summed E-state index contributed by atoms with van der Waals surface area (Å²) in [5.74, 6) is -0.637. The summed E-state index contributed by atoms with van der Waals surface area (Å²) in [6, 6.07) is 14.4. The van der Waals surface area contributed by atoms with Gasteiger partial charge in [0, 0.05) is 46.8 Å². The van der Waals surface area contributed by atoms with Crippen LogP contribution >= 0.6 is 0 Å². The lowest BCUT2D eigenvalue weighted by Crippen LogP contribution is -2.20. The smallest absolute Gasteiger partial charge is 0.259 e. The number of carbonyl (C=O) groups is 2. The molecule has 0 saturated carbocycles. The van der Waals surface area contributed by atoms with Crippen molar-refractivity contribution < 1.29 is 14.7 Å². The van der Waals surface area contributed by atoms with Crippen molar-refractivity contribution in [2.45, 2.75) is 32.4 Å². The van der Waals surface area contributed by atoms with Gasteiger partial charge in [-0.05, 0) is 30.9 Å². The number of aromatic nitrogens is 2. The van der Waals surface area contributed by atoms with Crippen molar-refractivity contribution in [3.63, 3.8) is 0 Å². The van der Waals surface area contributed by atoms with E-state index in [4.69, 9.17) is 0 Å². The molecule has 2 aliphatic heterocycles. The molecule has 0 saturated heterocycles. The van der Waals surface area contributed by atoms with E-state index in [1.807, 2.05) is 18.2 Å². The zero-order valence-electron chi connectivity index (χ0n) is 17.4. The van der Waals surface area contributed by atoms with E-state index in [0.717, 1.165) is 57.5 Å². The first-order chi connectivity index (χ1) is 15.7. The minimum Gasteiger partial charge on any atom is -0.396 e. The molecule has 6 nitrogen and oxygen atoms in total. The average Bonchev–Trinajstić information content (AvgIpc) is 3.42. The van der Waals surface area contributed by atoms with Gasteiger partial charge in [0.15, 0.2) is 0 Å². The summed E-state index contributed by atoms with van der Waals surface area (Å²) in [7, 11) is 0. The van der Waals surface area contributed by atoms with Gasteiger partial charge >= 0.3 is 0 Å². The molecule has 0 spiro atoms. The highest BCUT2D eigenvalue weighted by atomic mass is 16.3. The van der Waals surface area contributed by atoms with Gasteiger partial charge in [0.2, 0.25) is 0 Å². The molecule has 6 heteroatoms. The Balaban J connectivity index is 1.85. The lowest BCUT2D eigenvalue weighted by Gasteiger charge is -2.17. The average molecular weight is 423 g/mol. The maximum atomic E-state index is 13.1. The molecule has 0 fully saturated rings. The molecule has 3 aromatic carbocycles. The van der Waals surface area contributed by atoms with Crippen molar-refractivity contribution in [3.05, 3.63) is 59.2 Å². The van der Waals surface area contributed by atoms with Crippen LogP contribution < -0.4 is 5.32 Å². The summed E-state index contributed by atoms with van der Waals surface area (Å²) in [6.07, 6.45) is 2.66. The Morgan fingerprint density at radius 3 is 2.44 bits per heavy atom. The quantitative estimate of drug-likeness (QED) is 0.429. The van der Waals surface area contributed by atoms with Gasteiger partial charge < -0.3 is 14.2 Å². The number of nitrogens with one attached hydrogen (secondary N) is 1. The summed E-state index contributed by atoms with van der Waals surface area (Å²) in [6.45, 7) is 1.61. The van der Waals surface area contributed by atoms with Gasteiger partial charge in [-0.2, -0.15) is 0 Å². The summed E-state index contributed by atoms with van der Waals surface area (Å²) in [5, 5.41) is 15.9. The fourth-order valence-electron chi connectivity index (χ4n) is 6.03. The summed E-state index contributed by atoms with van der Waals surface area (Å²) >= 11 is 0. The van der Waals surface area contributed by atoms with E-state index in [2.05, 4.69) is 38.7 Å². The standard InChI is InChI=1S/C26H21N3O3/c30-13-5-12-28-17-10-2-1-8-15(17)18-20-21(26(32)27-25(20)31)19-16-9-3-6-14-7-4-11-29(22(14)16)24(19)23(18)28/h1-3,6,8-10,30H,4-5,7,11-13H2,(H,27,31,32). The van der Waals surface area contributed by atoms with E-state index in [9.17, 15) is 14.7 Å². The Morgan fingerprint density at radius 1 is 0.875 bits per heavy atom. The number of rotatable bonds is 3. The van der Waals surface area contributed by atoms with E-state index in [1.165, 1.54) is 11.1 Å². The minimum absolute atomic E-state index is 0.0915. The predicted molar refractivity (Wildman–Crippen MR) is 124 cm³/mol. The van der Waals surface area contributed by atoms with Crippen LogP contribution in [0.25, 0.3) is 43.6 Å². The van der Waals surface area contributed by atoms with Gasteiger partial charge in [0.05, 0.1) is 27.7 Å². The van der Waals surface area contributed by atoms with Crippen LogP contribution in [0.1, 0.15) is 39.1 Å². The maximum Gasteiger partial charge on any atom is 0.259 e. The van der Waals surface area contributed by atoms with Crippen LogP contribution in [0.15, 0.2) is 42.5 Å². The largest absolute Gasteiger partial charge is 0.396 e. The highest BCUT2D eigenvalue weighted by Crippen LogP contribution is 2.46. The minimum atomic E-state index is -0.325. The Labute approximate surface area is 183 Å². The summed E-state index contributed by atoms with van der Waals surface area (Å²) in [4.78, 5) is 26.2. The third kappa shape index (κ3) is 2.03. The Kier molecular flexibility index (Phi) is 3.49. The molecular formula is C26H21N3O3. The van der Waals surface area contributed by atoms with E-state index < -0.39 is 0 Å². The molecule has 4 heterocycles. The number of aliphatic hydroxyl groups excluding tert-OH is 1. The highest BCUT2D eigenvalue weighted by molar-refractivity contribution is 6.39. The Morgan fingerprint density at radius 2 is 1.62 bits per heavy atom. The lowest BCUT2D eigenvalue weighted by atomic mass is 9.96. The number of aliphatic hydroxyl groups is 1. The zero-order valence-corrected chi connectivity index (χ0v) is 17.4. The van der Waals surface area contributed by atoms with Crippen molar-refractivity contribution in [2.75, 3.05) is 6.61 Å². The van der Waals surface area contributed by atoms with Gasteiger partial charge in [-0.25, -0.2) is 0 Å². The van der Waals surface area contributed by atoms with E-state index >= 15 is 0 Å². The number of amides is 2. The molecule has 0 atom stereocenters. The van der Waals surface area contributed by atoms with E-state index in [-0.39, 0.29) is 18.4 Å². The van der Waals surface area contributed by atoms with E-state index in [0.29, 0.717) is 24.1 Å². The molecule has 0 bridgehead atoms. The molecule has 0 radical (unpaired) electrons. The molecule has 2 aromatic heterocycles. The van der Waals surface area contributed by atoms with Crippen LogP contribution in [0.3, 0.4) is 0 Å². The van der Waals surface area contributed by atoms with Crippen LogP contribution in [0.5, 0.6) is 0 Å². The predicted octanol–water partition coefficient (Wildman–Crippen LogP) is 4.11. The fourth-order valence-corrected chi connectivity index (χ4v) is 6.03. The number of hydrogen-bond donors (Lipinski definition) is 2. The zero-order chi connectivity index (χ0) is 21.6. The number of aryl methyl sites for hydroxylation is 3. The molecule has 0 unspecified atom stereocenters. The second-order valence-electron chi connectivity index (χ2n) is 8.79. The fraction of sp³-hybridized carbons (Fsp3) is 0.231. The van der Waals surface area contributed by atoms with Gasteiger partial charge in [0.1, 0.15) is 0 Å². The Bertz CT molecular complexity index is 1650. The number of carbonyl (C=O) groups excluding carboxylic acids is 2. The normalized spacial score (nSPS) is 15.4. The number of para-hydroxylation sites is 2. The van der Waals surface area contributed by atoms with Crippen molar-refractivity contribution in [1.29, 1.82) is 0 Å². The van der Waals surface area contributed by atoms with Crippen LogP contribution in [0.2, 0.25) is 0 Å². The van der Waals surface area contributed by atoms with Gasteiger partial charge in [-0.15, -0.1) is 0 Å². The van der Waals surface area contributed by atoms with Gasteiger partial charge in [0.25, 0.3) is 11.8 Å². The topological polar surface area (TPSA) is 76.3 Å². The van der Waals surface area contributed by atoms with E-state index in [1.54, 1.807) is 0 Å². The third-order valence-corrected chi connectivity index (χ3v) is 7.16. The number of imide groups is 1. The molecular weight excluding hydrogens is 402 g/mol. The van der Waals surface area contributed by atoms with Crippen molar-refractivity contribution in [3.8, 4) is 0 Å². The van der Waals surface area contributed by atoms with Crippen LogP contribution in [0, 0.1) is 0 Å². The third-order valence-electron chi connectivity index (χ3n) is 7.16. The molecule has 2 aliphatic rings. The van der Waals surface area contributed by atoms with Crippen LogP contribution in [0.4, 0.5) is 0 Å². The van der Waals surface area contributed by atoms with Gasteiger partial charge in [-0.3, -0.25) is 14.9 Å². The molecule has 32 heavy (non-hydrogen) atoms. The highest BCUT2D eigenvalue weighted by Gasteiger charge is 2.37.